The third-order valence-corrected chi connectivity index (χ3v) is 9.25. The number of carbonyl (C=O) groups excluding carboxylic acids is 1. The number of fused-ring (bicyclic) bond motifs is 1. The second-order valence-corrected chi connectivity index (χ2v) is 12.5. The normalized spacial score (nSPS) is 19.2. The Morgan fingerprint density at radius 2 is 1.71 bits per heavy atom. The third kappa shape index (κ3) is 8.74. The lowest BCUT2D eigenvalue weighted by Crippen LogP contribution is -2.48. The van der Waals surface area contributed by atoms with Gasteiger partial charge < -0.3 is 19.1 Å². The molecule has 1 fully saturated rings. The summed E-state index contributed by atoms with van der Waals surface area (Å²) < 4.78 is 194. The molecule has 0 bridgehead atoms. The molecule has 2 heterocycles. The van der Waals surface area contributed by atoms with Crippen molar-refractivity contribution in [2.75, 3.05) is 33.2 Å². The van der Waals surface area contributed by atoms with Crippen molar-refractivity contribution in [1.29, 1.82) is 0 Å². The lowest BCUT2D eigenvalue weighted by atomic mass is 10.00. The van der Waals surface area contributed by atoms with E-state index in [9.17, 15) is 32.2 Å². The van der Waals surface area contributed by atoms with E-state index in [4.69, 9.17) is 18.4 Å². The number of amides is 1. The van der Waals surface area contributed by atoms with Crippen LogP contribution < -0.4 is 5.43 Å². The zero-order valence-electron chi connectivity index (χ0n) is 41.0. The fraction of sp³-hybridized carbons (Fsp3) is 0.300. The highest BCUT2D eigenvalue weighted by Crippen LogP contribution is 2.32. The van der Waals surface area contributed by atoms with Crippen molar-refractivity contribution in [3.8, 4) is 11.1 Å². The van der Waals surface area contributed by atoms with Crippen LogP contribution in [0.25, 0.3) is 22.0 Å². The summed E-state index contributed by atoms with van der Waals surface area (Å²) in [7, 11) is -2.95. The van der Waals surface area contributed by atoms with Gasteiger partial charge in [-0.25, -0.2) is 8.78 Å². The van der Waals surface area contributed by atoms with Crippen molar-refractivity contribution in [3.63, 3.8) is 0 Å². The topological polar surface area (TPSA) is 54.8 Å². The largest absolute Gasteiger partial charge is 0.416 e. The maximum absolute atomic E-state index is 15.3. The van der Waals surface area contributed by atoms with Gasteiger partial charge in [0.25, 0.3) is 0 Å². The molecule has 6 nitrogen and oxygen atoms in total. The van der Waals surface area contributed by atoms with Crippen LogP contribution in [-0.2, 0) is 34.5 Å². The summed E-state index contributed by atoms with van der Waals surface area (Å²) in [4.78, 5) is 30.8. The highest BCUT2D eigenvalue weighted by atomic mass is 32.2. The van der Waals surface area contributed by atoms with E-state index in [0.29, 0.717) is 32.4 Å². The van der Waals surface area contributed by atoms with E-state index in [1.807, 2.05) is 0 Å². The van der Waals surface area contributed by atoms with E-state index < -0.39 is 126 Å². The van der Waals surface area contributed by atoms with Crippen molar-refractivity contribution >= 4 is 28.6 Å². The lowest BCUT2D eigenvalue weighted by molar-refractivity contribution is -0.137. The fourth-order valence-electron chi connectivity index (χ4n) is 5.56. The van der Waals surface area contributed by atoms with Gasteiger partial charge >= 0.3 is 6.18 Å². The van der Waals surface area contributed by atoms with Gasteiger partial charge in [0.15, 0.2) is 17.1 Å². The number of likely N-dealkylation sites (tertiary alicyclic amines) is 1. The minimum absolute atomic E-state index is 0.274. The molecule has 4 aromatic carbocycles. The first-order valence-electron chi connectivity index (χ1n) is 22.7. The number of benzene rings is 4. The summed E-state index contributed by atoms with van der Waals surface area (Å²) in [5.41, 5.74) is -3.18. The van der Waals surface area contributed by atoms with E-state index in [0.717, 1.165) is 30.3 Å². The monoisotopic (exact) mass is 749 g/mol. The summed E-state index contributed by atoms with van der Waals surface area (Å²) in [5, 5.41) is -1.69. The molecule has 272 valence electrons. The molecule has 12 heteroatoms. The lowest BCUT2D eigenvalue weighted by Gasteiger charge is -2.39. The van der Waals surface area contributed by atoms with Crippen LogP contribution in [0.2, 0.25) is 0 Å². The second kappa shape index (κ2) is 16.4. The fourth-order valence-corrected chi connectivity index (χ4v) is 6.51. The van der Waals surface area contributed by atoms with Gasteiger partial charge in [0.05, 0.1) is 39.2 Å². The van der Waals surface area contributed by atoms with Crippen molar-refractivity contribution in [3.05, 3.63) is 135 Å². The molecule has 0 unspecified atom stereocenters. The van der Waals surface area contributed by atoms with Crippen LogP contribution in [0.1, 0.15) is 48.7 Å². The zero-order valence-corrected chi connectivity index (χ0v) is 27.9. The molecule has 1 amide bonds. The predicted octanol–water partition coefficient (Wildman–Crippen LogP) is 8.40. The molecule has 1 aromatic heterocycles. The number of hydrogen-bond acceptors (Lipinski definition) is 5. The quantitative estimate of drug-likeness (QED) is 0.0948. The average Bonchev–Trinajstić information content (AvgIpc) is 3.25. The number of nitrogens with zero attached hydrogens (tertiary/aromatic N) is 3. The van der Waals surface area contributed by atoms with E-state index in [2.05, 4.69) is 0 Å². The number of aromatic nitrogens is 1. The van der Waals surface area contributed by atoms with Crippen LogP contribution in [0.4, 0.5) is 22.0 Å². The zero-order chi connectivity index (χ0) is 49.1. The van der Waals surface area contributed by atoms with Gasteiger partial charge in [0, 0.05) is 64.6 Å². The van der Waals surface area contributed by atoms with Crippen molar-refractivity contribution in [2.24, 2.45) is 0 Å². The van der Waals surface area contributed by atoms with Gasteiger partial charge in [-0.1, -0.05) is 60.6 Å². The number of piperidine rings is 1. The number of hydrogen-bond donors (Lipinski definition) is 0. The Bertz CT molecular complexity index is 2720. The standard InChI is InChI=1S/C40H38F5N3O3S/c1-51-22-21-46-19-17-32(18-20-46)47(24-27-9-11-28(12-10-27)29-13-15-31(16-14-29)40(43,44)45)37(50)25-48-35-8-3-2-6-33(35)36(49)23-38(48)52-26-30-5-4-7-34(41)39(30)42/h2-16,23,32H,17-22,24-26H2,1H3/i1D3,2D,3D,6D,8D,21D2,23D,24D2,25D2. The van der Waals surface area contributed by atoms with E-state index in [1.54, 1.807) is 0 Å². The Morgan fingerprint density at radius 1 is 1.02 bits per heavy atom. The molecule has 0 N–H and O–H groups in total. The number of pyridine rings is 1. The van der Waals surface area contributed by atoms with Crippen LogP contribution in [0.3, 0.4) is 0 Å². The minimum atomic E-state index is -4.62. The second-order valence-electron chi connectivity index (χ2n) is 11.5. The molecule has 5 aromatic rings. The van der Waals surface area contributed by atoms with Gasteiger partial charge in [-0.3, -0.25) is 9.59 Å². The summed E-state index contributed by atoms with van der Waals surface area (Å²) in [6.45, 7) is -10.6. The third-order valence-electron chi connectivity index (χ3n) is 8.23. The number of rotatable bonds is 12. The summed E-state index contributed by atoms with van der Waals surface area (Å²) in [6.07, 6.45) is -5.19. The van der Waals surface area contributed by atoms with E-state index in [1.165, 1.54) is 41.3 Å². The number of carbonyl (C=O) groups is 1. The first-order valence-corrected chi connectivity index (χ1v) is 16.7. The Labute approximate surface area is 322 Å². The molecule has 0 radical (unpaired) electrons. The van der Waals surface area contributed by atoms with Gasteiger partial charge in [-0.2, -0.15) is 13.2 Å². The number of para-hydroxylation sites is 1. The molecular weight excluding hydrogens is 698 g/mol. The van der Waals surface area contributed by atoms with E-state index >= 15 is 4.79 Å². The number of alkyl halides is 3. The highest BCUT2D eigenvalue weighted by Gasteiger charge is 2.31. The Hall–Kier alpha value is -4.52. The summed E-state index contributed by atoms with van der Waals surface area (Å²) in [6, 6.07) is 5.86. The van der Waals surface area contributed by atoms with Crippen molar-refractivity contribution in [2.45, 2.75) is 48.8 Å². The summed E-state index contributed by atoms with van der Waals surface area (Å²) >= 11 is 0.359. The minimum Gasteiger partial charge on any atom is -0.383 e. The molecule has 1 aliphatic rings. The van der Waals surface area contributed by atoms with Crippen LogP contribution in [0.15, 0.2) is 107 Å². The van der Waals surface area contributed by atoms with Gasteiger partial charge in [0.2, 0.25) is 5.91 Å². The van der Waals surface area contributed by atoms with Crippen LogP contribution >= 0.6 is 11.8 Å². The molecule has 0 saturated carbocycles. The van der Waals surface area contributed by atoms with Gasteiger partial charge in [-0.05, 0) is 59.8 Å². The van der Waals surface area contributed by atoms with E-state index in [-0.39, 0.29) is 37.1 Å². The van der Waals surface area contributed by atoms with Crippen molar-refractivity contribution in [1.82, 2.24) is 14.4 Å². The first-order chi connectivity index (χ1) is 30.5. The molecule has 0 spiro atoms. The van der Waals surface area contributed by atoms with Gasteiger partial charge in [-0.15, -0.1) is 11.8 Å². The number of thioether (sulfide) groups is 1. The predicted molar refractivity (Wildman–Crippen MR) is 193 cm³/mol. The maximum Gasteiger partial charge on any atom is 0.416 e. The molecule has 0 atom stereocenters. The maximum atomic E-state index is 15.3. The number of methoxy groups -OCH3 is 1. The van der Waals surface area contributed by atoms with Crippen LogP contribution in [0.5, 0.6) is 0 Å². The van der Waals surface area contributed by atoms with Crippen LogP contribution in [-0.4, -0.2) is 59.5 Å². The Balaban J connectivity index is 1.51. The Morgan fingerprint density at radius 3 is 2.40 bits per heavy atom. The Kier molecular flexibility index (Phi) is 7.34. The molecule has 1 saturated heterocycles. The molecular formula is C40H38F5N3O3S. The number of ether oxygens (including phenoxy) is 1. The molecule has 0 aliphatic carbocycles. The highest BCUT2D eigenvalue weighted by molar-refractivity contribution is 7.98. The van der Waals surface area contributed by atoms with Gasteiger partial charge in [0.1, 0.15) is 6.50 Å². The molecule has 1 aliphatic heterocycles. The van der Waals surface area contributed by atoms with Crippen molar-refractivity contribution < 1.29 is 50.7 Å². The smallest absolute Gasteiger partial charge is 0.383 e. The first kappa shape index (κ1) is 23.2. The van der Waals surface area contributed by atoms with Crippen LogP contribution in [0, 0.1) is 11.6 Å². The molecule has 52 heavy (non-hydrogen) atoms. The average molecular weight is 750 g/mol. The SMILES string of the molecule is [2H]c1c([2H])c([2H])c2c(c1[2H])c(=O)c([2H])c(SCc1cccc(F)c1F)n2C([2H])([2H])C(=O)N(C1CCN(C([2H])([2H])COC([2H])([2H])[2H])CC1)C([2H])([2H])c1ccc(-c2ccc(C(F)(F)F)cc2)cc1. The number of halogens is 5. The summed E-state index contributed by atoms with van der Waals surface area (Å²) in [5.74, 6) is -4.96. The molecule has 6 rings (SSSR count).